The summed E-state index contributed by atoms with van der Waals surface area (Å²) >= 11 is 1.45. The molecule has 0 aromatic carbocycles. The summed E-state index contributed by atoms with van der Waals surface area (Å²) in [5.74, 6) is -1.04. The molecule has 2 N–H and O–H groups in total. The first-order valence-electron chi connectivity index (χ1n) is 14.2. The molecule has 41 heavy (non-hydrogen) atoms. The van der Waals surface area contributed by atoms with E-state index in [2.05, 4.69) is 28.8 Å². The average Bonchev–Trinajstić information content (AvgIpc) is 3.37. The topological polar surface area (TPSA) is 127 Å². The zero-order valence-electron chi connectivity index (χ0n) is 25.2. The van der Waals surface area contributed by atoms with Gasteiger partial charge in [0.25, 0.3) is 17.7 Å². The van der Waals surface area contributed by atoms with Crippen LogP contribution in [0, 0.1) is 5.92 Å². The number of carbonyl (C=O) groups is 4. The SMILES string of the molecule is C=C(NC(=O)c1csc(C2CCCCC(CCCC(=O)OC(C)(C)C)CC2)n1)C(=O)NC(=C)C(=O)N(C)CCOC. The quantitative estimate of drug-likeness (QED) is 0.252. The van der Waals surface area contributed by atoms with Crippen LogP contribution in [0.4, 0.5) is 0 Å². The van der Waals surface area contributed by atoms with E-state index in [0.29, 0.717) is 25.5 Å². The Labute approximate surface area is 247 Å². The summed E-state index contributed by atoms with van der Waals surface area (Å²) in [5.41, 5.74) is -0.570. The highest BCUT2D eigenvalue weighted by atomic mass is 32.1. The molecular weight excluding hydrogens is 544 g/mol. The van der Waals surface area contributed by atoms with Crippen LogP contribution >= 0.6 is 11.3 Å². The summed E-state index contributed by atoms with van der Waals surface area (Å²) in [6.07, 6.45) is 8.73. The number of hydrogen-bond acceptors (Lipinski definition) is 8. The molecule has 11 heteroatoms. The van der Waals surface area contributed by atoms with Crippen molar-refractivity contribution in [3.8, 4) is 0 Å². The highest BCUT2D eigenvalue weighted by Gasteiger charge is 2.24. The van der Waals surface area contributed by atoms with Crippen molar-refractivity contribution in [1.29, 1.82) is 0 Å². The summed E-state index contributed by atoms with van der Waals surface area (Å²) in [6.45, 7) is 13.6. The largest absolute Gasteiger partial charge is 0.460 e. The highest BCUT2D eigenvalue weighted by molar-refractivity contribution is 7.09. The van der Waals surface area contributed by atoms with Crippen LogP contribution in [0.1, 0.15) is 100.0 Å². The minimum absolute atomic E-state index is 0.132. The molecule has 1 aromatic rings. The molecule has 1 saturated carbocycles. The summed E-state index contributed by atoms with van der Waals surface area (Å²) in [5, 5.41) is 7.45. The Kier molecular flexibility index (Phi) is 13.7. The Morgan fingerprint density at radius 2 is 1.78 bits per heavy atom. The number of nitrogens with zero attached hydrogens (tertiary/aromatic N) is 2. The molecule has 2 rings (SSSR count). The maximum Gasteiger partial charge on any atom is 0.306 e. The zero-order valence-corrected chi connectivity index (χ0v) is 26.0. The first-order chi connectivity index (χ1) is 19.3. The molecule has 1 aliphatic rings. The third kappa shape index (κ3) is 12.1. The molecule has 228 valence electrons. The van der Waals surface area contributed by atoms with Crippen molar-refractivity contribution in [3.63, 3.8) is 0 Å². The fraction of sp³-hybridized carbons (Fsp3) is 0.633. The van der Waals surface area contributed by atoms with Crippen molar-refractivity contribution in [2.45, 2.75) is 90.1 Å². The Hall–Kier alpha value is -3.05. The molecule has 1 heterocycles. The van der Waals surface area contributed by atoms with Gasteiger partial charge in [0, 0.05) is 38.4 Å². The Bertz CT molecular complexity index is 1090. The number of carbonyl (C=O) groups excluding carboxylic acids is 4. The number of likely N-dealkylation sites (N-methyl/N-ethyl adjacent to an activating group) is 1. The van der Waals surface area contributed by atoms with Crippen LogP contribution in [0.5, 0.6) is 0 Å². The zero-order chi connectivity index (χ0) is 30.6. The van der Waals surface area contributed by atoms with Crippen LogP contribution in [-0.4, -0.2) is 66.5 Å². The molecule has 0 spiro atoms. The van der Waals surface area contributed by atoms with Gasteiger partial charge in [0.2, 0.25) is 0 Å². The highest BCUT2D eigenvalue weighted by Crippen LogP contribution is 2.36. The van der Waals surface area contributed by atoms with E-state index in [1.54, 1.807) is 12.4 Å². The monoisotopic (exact) mass is 590 g/mol. The number of methoxy groups -OCH3 is 1. The average molecular weight is 591 g/mol. The molecular formula is C30H46N4O6S. The van der Waals surface area contributed by atoms with Gasteiger partial charge in [-0.3, -0.25) is 19.2 Å². The Morgan fingerprint density at radius 3 is 2.46 bits per heavy atom. The van der Waals surface area contributed by atoms with Gasteiger partial charge in [-0.25, -0.2) is 4.98 Å². The van der Waals surface area contributed by atoms with Crippen LogP contribution in [0.25, 0.3) is 0 Å². The standard InChI is InChI=1S/C30H46N4O6S/c1-20(26(36)32-21(2)29(38)34(6)17-18-39-7)31-27(37)24-19-41-28(33-24)23-13-9-8-11-22(15-16-23)12-10-14-25(35)40-30(3,4)5/h19,22-23H,1-2,8-18H2,3-7H3,(H,31,37)(H,32,36). The first-order valence-corrected chi connectivity index (χ1v) is 15.1. The lowest BCUT2D eigenvalue weighted by Gasteiger charge is -2.24. The maximum atomic E-state index is 12.8. The summed E-state index contributed by atoms with van der Waals surface area (Å²) in [6, 6.07) is 0. The number of aromatic nitrogens is 1. The first kappa shape index (κ1) is 34.2. The van der Waals surface area contributed by atoms with Crippen molar-refractivity contribution in [3.05, 3.63) is 40.6 Å². The van der Waals surface area contributed by atoms with Crippen molar-refractivity contribution in [1.82, 2.24) is 20.5 Å². The van der Waals surface area contributed by atoms with Crippen LogP contribution in [0.2, 0.25) is 0 Å². The summed E-state index contributed by atoms with van der Waals surface area (Å²) < 4.78 is 10.4. The fourth-order valence-corrected chi connectivity index (χ4v) is 5.65. The van der Waals surface area contributed by atoms with E-state index in [-0.39, 0.29) is 29.0 Å². The van der Waals surface area contributed by atoms with E-state index in [1.165, 1.54) is 23.3 Å². The van der Waals surface area contributed by atoms with Gasteiger partial charge >= 0.3 is 5.97 Å². The number of ether oxygens (including phenoxy) is 2. The molecule has 3 amide bonds. The number of nitrogens with one attached hydrogen (secondary N) is 2. The van der Waals surface area contributed by atoms with Crippen molar-refractivity contribution < 1.29 is 28.7 Å². The van der Waals surface area contributed by atoms with Crippen LogP contribution in [0.3, 0.4) is 0 Å². The number of rotatable bonds is 13. The van der Waals surface area contributed by atoms with Gasteiger partial charge in [-0.15, -0.1) is 11.3 Å². The van der Waals surface area contributed by atoms with Crippen molar-refractivity contribution >= 4 is 35.0 Å². The summed E-state index contributed by atoms with van der Waals surface area (Å²) in [7, 11) is 3.09. The number of hydrogen-bond donors (Lipinski definition) is 2. The molecule has 1 aliphatic carbocycles. The molecule has 1 fully saturated rings. The number of amides is 3. The molecule has 0 saturated heterocycles. The van der Waals surface area contributed by atoms with E-state index in [4.69, 9.17) is 9.47 Å². The Morgan fingerprint density at radius 1 is 1.07 bits per heavy atom. The van der Waals surface area contributed by atoms with Gasteiger partial charge in [-0.1, -0.05) is 32.4 Å². The van der Waals surface area contributed by atoms with Crippen LogP contribution < -0.4 is 10.6 Å². The van der Waals surface area contributed by atoms with Gasteiger partial charge in [0.15, 0.2) is 0 Å². The Balaban J connectivity index is 1.85. The van der Waals surface area contributed by atoms with Gasteiger partial charge in [-0.05, 0) is 58.8 Å². The lowest BCUT2D eigenvalue weighted by atomic mass is 9.83. The maximum absolute atomic E-state index is 12.8. The van der Waals surface area contributed by atoms with Gasteiger partial charge in [0.1, 0.15) is 11.3 Å². The van der Waals surface area contributed by atoms with Crippen molar-refractivity contribution in [2.75, 3.05) is 27.3 Å². The molecule has 2 atom stereocenters. The minimum Gasteiger partial charge on any atom is -0.460 e. The lowest BCUT2D eigenvalue weighted by molar-refractivity contribution is -0.155. The molecule has 10 nitrogen and oxygen atoms in total. The molecule has 0 radical (unpaired) electrons. The van der Waals surface area contributed by atoms with E-state index in [9.17, 15) is 19.2 Å². The van der Waals surface area contributed by atoms with Crippen LogP contribution in [0.15, 0.2) is 29.9 Å². The normalized spacial score (nSPS) is 17.5. The second kappa shape index (κ2) is 16.4. The predicted octanol–water partition coefficient (Wildman–Crippen LogP) is 4.69. The van der Waals surface area contributed by atoms with E-state index < -0.39 is 23.3 Å². The smallest absolute Gasteiger partial charge is 0.306 e. The molecule has 0 aliphatic heterocycles. The van der Waals surface area contributed by atoms with Crippen LogP contribution in [-0.2, 0) is 23.9 Å². The van der Waals surface area contributed by atoms with Gasteiger partial charge in [0.05, 0.1) is 23.0 Å². The number of thiazole rings is 1. The van der Waals surface area contributed by atoms with Gasteiger partial charge in [-0.2, -0.15) is 0 Å². The fourth-order valence-electron chi connectivity index (χ4n) is 4.68. The van der Waals surface area contributed by atoms with Gasteiger partial charge < -0.3 is 25.0 Å². The molecule has 2 unspecified atom stereocenters. The third-order valence-electron chi connectivity index (χ3n) is 6.89. The second-order valence-electron chi connectivity index (χ2n) is 11.6. The van der Waals surface area contributed by atoms with E-state index in [1.807, 2.05) is 20.8 Å². The van der Waals surface area contributed by atoms with E-state index in [0.717, 1.165) is 56.4 Å². The molecule has 1 aromatic heterocycles. The molecule has 0 bridgehead atoms. The van der Waals surface area contributed by atoms with Crippen molar-refractivity contribution in [2.24, 2.45) is 5.92 Å². The number of esters is 1. The second-order valence-corrected chi connectivity index (χ2v) is 12.4. The predicted molar refractivity (Wildman–Crippen MR) is 159 cm³/mol. The lowest BCUT2D eigenvalue weighted by Crippen LogP contribution is -2.40. The third-order valence-corrected chi connectivity index (χ3v) is 7.90. The van der Waals surface area contributed by atoms with E-state index >= 15 is 0 Å². The summed E-state index contributed by atoms with van der Waals surface area (Å²) in [4.78, 5) is 55.5. The minimum atomic E-state index is -0.731.